The fraction of sp³-hybridized carbons (Fsp3) is 0.250. The zero-order chi connectivity index (χ0) is 10.8. The molecule has 0 unspecified atom stereocenters. The highest BCUT2D eigenvalue weighted by molar-refractivity contribution is 5.81. The van der Waals surface area contributed by atoms with Crippen LogP contribution in [0.25, 0.3) is 0 Å². The fourth-order valence-corrected chi connectivity index (χ4v) is 0.837. The molecule has 4 nitrogen and oxygen atoms in total. The first-order valence-electron chi connectivity index (χ1n) is 3.74. The number of halogens is 2. The third kappa shape index (κ3) is 2.65. The van der Waals surface area contributed by atoms with Crippen LogP contribution in [0.15, 0.2) is 18.3 Å². The van der Waals surface area contributed by atoms with Gasteiger partial charge in [0.15, 0.2) is 0 Å². The summed E-state index contributed by atoms with van der Waals surface area (Å²) in [5.41, 5.74) is -0.256. The molecule has 0 aromatic carbocycles. The number of amides is 1. The van der Waals surface area contributed by atoms with E-state index in [1.54, 1.807) is 0 Å². The number of anilines is 1. The minimum atomic E-state index is -2.96. The van der Waals surface area contributed by atoms with Crippen LogP contribution in [0.3, 0.4) is 0 Å². The van der Waals surface area contributed by atoms with Crippen molar-refractivity contribution in [1.29, 1.82) is 0 Å². The van der Waals surface area contributed by atoms with Crippen LogP contribution in [0.2, 0.25) is 0 Å². The molecule has 0 aliphatic carbocycles. The number of nitrogens with zero attached hydrogens (tertiary/aromatic N) is 1. The van der Waals surface area contributed by atoms with E-state index < -0.39 is 12.0 Å². The molecule has 2 N–H and O–H groups in total. The second kappa shape index (κ2) is 3.57. The predicted molar refractivity (Wildman–Crippen MR) is 45.5 cm³/mol. The topological polar surface area (TPSA) is 62.2 Å². The van der Waals surface area contributed by atoms with Gasteiger partial charge in [0.2, 0.25) is 0 Å². The van der Waals surface area contributed by atoms with Gasteiger partial charge in [-0.15, -0.1) is 0 Å². The largest absolute Gasteiger partial charge is 0.465 e. The van der Waals surface area contributed by atoms with Crippen LogP contribution >= 0.6 is 0 Å². The van der Waals surface area contributed by atoms with E-state index in [2.05, 4.69) is 4.98 Å². The molecule has 0 fully saturated rings. The summed E-state index contributed by atoms with van der Waals surface area (Å²) in [6, 6.07) is 2.30. The van der Waals surface area contributed by atoms with E-state index in [9.17, 15) is 13.6 Å². The van der Waals surface area contributed by atoms with Crippen molar-refractivity contribution in [3.05, 3.63) is 23.9 Å². The van der Waals surface area contributed by atoms with Crippen LogP contribution in [-0.4, -0.2) is 16.2 Å². The normalized spacial score (nSPS) is 11.1. The van der Waals surface area contributed by atoms with E-state index in [0.29, 0.717) is 0 Å². The number of carbonyl (C=O) groups is 1. The molecule has 6 heteroatoms. The minimum absolute atomic E-state index is 0.0190. The van der Waals surface area contributed by atoms with Crippen LogP contribution in [0.5, 0.6) is 0 Å². The van der Waals surface area contributed by atoms with Gasteiger partial charge in [-0.3, -0.25) is 5.32 Å². The monoisotopic (exact) mass is 202 g/mol. The van der Waals surface area contributed by atoms with Gasteiger partial charge in [-0.1, -0.05) is 0 Å². The maximum Gasteiger partial charge on any atom is 0.410 e. The summed E-state index contributed by atoms with van der Waals surface area (Å²) < 4.78 is 25.3. The molecule has 1 amide bonds. The van der Waals surface area contributed by atoms with Gasteiger partial charge >= 0.3 is 6.09 Å². The number of hydrogen-bond acceptors (Lipinski definition) is 2. The Morgan fingerprint density at radius 2 is 2.21 bits per heavy atom. The van der Waals surface area contributed by atoms with Crippen molar-refractivity contribution in [2.24, 2.45) is 0 Å². The first-order valence-corrected chi connectivity index (χ1v) is 3.74. The van der Waals surface area contributed by atoms with E-state index >= 15 is 0 Å². The SMILES string of the molecule is CC(F)(F)c1ccc(NC(=O)O)nc1. The summed E-state index contributed by atoms with van der Waals surface area (Å²) in [5, 5.41) is 10.2. The first-order chi connectivity index (χ1) is 6.39. The molecule has 76 valence electrons. The summed E-state index contributed by atoms with van der Waals surface area (Å²) in [6.07, 6.45) is -0.348. The number of rotatable bonds is 2. The van der Waals surface area contributed by atoms with Crippen LogP contribution in [0, 0.1) is 0 Å². The predicted octanol–water partition coefficient (Wildman–Crippen LogP) is 2.28. The molecular weight excluding hydrogens is 194 g/mol. The van der Waals surface area contributed by atoms with Gasteiger partial charge in [-0.25, -0.2) is 18.6 Å². The van der Waals surface area contributed by atoms with Crippen molar-refractivity contribution < 1.29 is 18.7 Å². The lowest BCUT2D eigenvalue weighted by Crippen LogP contribution is -2.11. The Labute approximate surface area is 78.6 Å². The summed E-state index contributed by atoms with van der Waals surface area (Å²) in [5.74, 6) is -2.94. The van der Waals surface area contributed by atoms with Crippen molar-refractivity contribution in [2.45, 2.75) is 12.8 Å². The van der Waals surface area contributed by atoms with Gasteiger partial charge in [-0.05, 0) is 12.1 Å². The van der Waals surface area contributed by atoms with Crippen molar-refractivity contribution in [3.63, 3.8) is 0 Å². The number of carboxylic acid groups (broad SMARTS) is 1. The Morgan fingerprint density at radius 3 is 2.57 bits per heavy atom. The molecule has 1 rings (SSSR count). The van der Waals surface area contributed by atoms with Crippen LogP contribution in [0.4, 0.5) is 19.4 Å². The Morgan fingerprint density at radius 1 is 1.57 bits per heavy atom. The summed E-state index contributed by atoms with van der Waals surface area (Å²) >= 11 is 0. The third-order valence-corrected chi connectivity index (χ3v) is 1.51. The lowest BCUT2D eigenvalue weighted by atomic mass is 10.2. The van der Waals surface area contributed by atoms with Crippen molar-refractivity contribution >= 4 is 11.9 Å². The van der Waals surface area contributed by atoms with Crippen molar-refractivity contribution in [3.8, 4) is 0 Å². The minimum Gasteiger partial charge on any atom is -0.465 e. The summed E-state index contributed by atoms with van der Waals surface area (Å²) in [6.45, 7) is 0.744. The van der Waals surface area contributed by atoms with Crippen LogP contribution < -0.4 is 5.32 Å². The molecule has 0 radical (unpaired) electrons. The molecule has 0 saturated heterocycles. The van der Waals surface area contributed by atoms with Crippen molar-refractivity contribution in [1.82, 2.24) is 4.98 Å². The van der Waals surface area contributed by atoms with Gasteiger partial charge in [0.05, 0.1) is 0 Å². The van der Waals surface area contributed by atoms with Crippen LogP contribution in [-0.2, 0) is 5.92 Å². The van der Waals surface area contributed by atoms with Gasteiger partial charge in [-0.2, -0.15) is 0 Å². The highest BCUT2D eigenvalue weighted by Crippen LogP contribution is 2.26. The second-order valence-electron chi connectivity index (χ2n) is 2.75. The molecule has 14 heavy (non-hydrogen) atoms. The molecule has 0 bridgehead atoms. The number of hydrogen-bond donors (Lipinski definition) is 2. The third-order valence-electron chi connectivity index (χ3n) is 1.51. The highest BCUT2D eigenvalue weighted by atomic mass is 19.3. The zero-order valence-electron chi connectivity index (χ0n) is 7.29. The molecule has 0 spiro atoms. The first kappa shape index (κ1) is 10.4. The molecular formula is C8H8F2N2O2. The molecule has 0 saturated carbocycles. The Hall–Kier alpha value is -1.72. The smallest absolute Gasteiger partial charge is 0.410 e. The average molecular weight is 202 g/mol. The fourth-order valence-electron chi connectivity index (χ4n) is 0.837. The summed E-state index contributed by atoms with van der Waals surface area (Å²) in [4.78, 5) is 13.7. The quantitative estimate of drug-likeness (QED) is 0.773. The average Bonchev–Trinajstić information content (AvgIpc) is 2.02. The maximum absolute atomic E-state index is 12.7. The molecule has 1 aromatic rings. The Bertz CT molecular complexity index is 332. The standard InChI is InChI=1S/C8H8F2N2O2/c1-8(9,10)5-2-3-6(11-4-5)12-7(13)14/h2-4H,1H3,(H,11,12)(H,13,14). The van der Waals surface area contributed by atoms with Gasteiger partial charge in [0.25, 0.3) is 5.92 Å². The Balaban J connectivity index is 2.84. The van der Waals surface area contributed by atoms with Gasteiger partial charge in [0.1, 0.15) is 5.82 Å². The van der Waals surface area contributed by atoms with E-state index in [0.717, 1.165) is 19.2 Å². The van der Waals surface area contributed by atoms with E-state index in [1.807, 2.05) is 5.32 Å². The molecule has 0 atom stereocenters. The lowest BCUT2D eigenvalue weighted by Gasteiger charge is -2.09. The lowest BCUT2D eigenvalue weighted by molar-refractivity contribution is 0.0171. The summed E-state index contributed by atoms with van der Waals surface area (Å²) in [7, 11) is 0. The zero-order valence-corrected chi connectivity index (χ0v) is 7.29. The Kier molecular flexibility index (Phi) is 2.64. The number of nitrogens with one attached hydrogen (secondary N) is 1. The van der Waals surface area contributed by atoms with Crippen molar-refractivity contribution in [2.75, 3.05) is 5.32 Å². The molecule has 0 aliphatic rings. The molecule has 1 heterocycles. The number of alkyl halides is 2. The maximum atomic E-state index is 12.7. The number of pyridine rings is 1. The highest BCUT2D eigenvalue weighted by Gasteiger charge is 2.24. The number of aromatic nitrogens is 1. The van der Waals surface area contributed by atoms with Gasteiger partial charge < -0.3 is 5.11 Å². The molecule has 1 aromatic heterocycles. The molecule has 0 aliphatic heterocycles. The van der Waals surface area contributed by atoms with E-state index in [4.69, 9.17) is 5.11 Å². The van der Waals surface area contributed by atoms with E-state index in [-0.39, 0.29) is 11.4 Å². The van der Waals surface area contributed by atoms with E-state index in [1.165, 1.54) is 6.07 Å². The second-order valence-corrected chi connectivity index (χ2v) is 2.75. The van der Waals surface area contributed by atoms with Gasteiger partial charge in [0, 0.05) is 18.7 Å². The van der Waals surface area contributed by atoms with Crippen LogP contribution in [0.1, 0.15) is 12.5 Å².